The van der Waals surface area contributed by atoms with E-state index in [2.05, 4.69) is 0 Å². The van der Waals surface area contributed by atoms with E-state index in [1.807, 2.05) is 12.1 Å². The van der Waals surface area contributed by atoms with Gasteiger partial charge in [-0.1, -0.05) is 30.3 Å². The van der Waals surface area contributed by atoms with E-state index >= 15 is 0 Å². The Labute approximate surface area is 111 Å². The van der Waals surface area contributed by atoms with Gasteiger partial charge in [0.1, 0.15) is 0 Å². The molecule has 0 bridgehead atoms. The van der Waals surface area contributed by atoms with Crippen LogP contribution in [0, 0.1) is 6.92 Å². The molecular weight excluding hydrogens is 240 g/mol. The predicted octanol–water partition coefficient (Wildman–Crippen LogP) is 3.56. The van der Waals surface area contributed by atoms with Crippen LogP contribution in [0.15, 0.2) is 42.5 Å². The van der Waals surface area contributed by atoms with Crippen molar-refractivity contribution in [2.45, 2.75) is 13.8 Å². The molecule has 0 saturated carbocycles. The Bertz CT molecular complexity index is 657. The van der Waals surface area contributed by atoms with Crippen LogP contribution in [0.25, 0.3) is 11.1 Å². The number of carboxylic acids is 1. The summed E-state index contributed by atoms with van der Waals surface area (Å²) in [7, 11) is 0. The van der Waals surface area contributed by atoms with Gasteiger partial charge in [0.05, 0.1) is 5.56 Å². The minimum Gasteiger partial charge on any atom is -0.478 e. The van der Waals surface area contributed by atoms with Gasteiger partial charge in [0.15, 0.2) is 5.78 Å². The fourth-order valence-corrected chi connectivity index (χ4v) is 1.95. The molecule has 0 aliphatic carbocycles. The zero-order valence-corrected chi connectivity index (χ0v) is 10.8. The molecule has 0 atom stereocenters. The Morgan fingerprint density at radius 3 is 2.32 bits per heavy atom. The standard InChI is InChI=1S/C16H14O3/c1-10-6-7-14(9-15(10)16(18)19)13-5-3-4-12(8-13)11(2)17/h3-9H,1-2H3,(H,18,19). The Morgan fingerprint density at radius 1 is 1.00 bits per heavy atom. The fraction of sp³-hybridized carbons (Fsp3) is 0.125. The maximum Gasteiger partial charge on any atom is 0.335 e. The van der Waals surface area contributed by atoms with Crippen LogP contribution in [-0.4, -0.2) is 16.9 Å². The van der Waals surface area contributed by atoms with Crippen LogP contribution in [0.1, 0.15) is 33.2 Å². The van der Waals surface area contributed by atoms with Crippen molar-refractivity contribution in [1.82, 2.24) is 0 Å². The number of rotatable bonds is 3. The summed E-state index contributed by atoms with van der Waals surface area (Å²) in [4.78, 5) is 22.5. The molecule has 19 heavy (non-hydrogen) atoms. The molecule has 1 N–H and O–H groups in total. The first-order valence-corrected chi connectivity index (χ1v) is 5.94. The van der Waals surface area contributed by atoms with Crippen LogP contribution in [0.2, 0.25) is 0 Å². The smallest absolute Gasteiger partial charge is 0.335 e. The summed E-state index contributed by atoms with van der Waals surface area (Å²) < 4.78 is 0. The molecule has 0 saturated heterocycles. The molecule has 0 aliphatic rings. The molecule has 0 radical (unpaired) electrons. The van der Waals surface area contributed by atoms with Crippen LogP contribution < -0.4 is 0 Å². The van der Waals surface area contributed by atoms with Crippen molar-refractivity contribution in [1.29, 1.82) is 0 Å². The Balaban J connectivity index is 2.53. The first kappa shape index (κ1) is 13.0. The number of Topliss-reactive ketones (excluding diaryl/α,β-unsaturated/α-hetero) is 1. The molecule has 2 rings (SSSR count). The first-order valence-electron chi connectivity index (χ1n) is 5.94. The minimum absolute atomic E-state index is 0.00702. The normalized spacial score (nSPS) is 10.2. The Hall–Kier alpha value is -2.42. The summed E-state index contributed by atoms with van der Waals surface area (Å²) in [5.41, 5.74) is 3.26. The molecule has 0 aliphatic heterocycles. The van der Waals surface area contributed by atoms with E-state index < -0.39 is 5.97 Å². The van der Waals surface area contributed by atoms with Gasteiger partial charge >= 0.3 is 5.97 Å². The second kappa shape index (κ2) is 5.06. The quantitative estimate of drug-likeness (QED) is 0.852. The third kappa shape index (κ3) is 2.71. The van der Waals surface area contributed by atoms with E-state index in [1.165, 1.54) is 6.92 Å². The minimum atomic E-state index is -0.943. The molecule has 2 aromatic rings. The number of benzene rings is 2. The van der Waals surface area contributed by atoms with Crippen molar-refractivity contribution in [3.63, 3.8) is 0 Å². The maximum absolute atomic E-state index is 11.4. The average molecular weight is 254 g/mol. The van der Waals surface area contributed by atoms with Crippen molar-refractivity contribution < 1.29 is 14.7 Å². The molecule has 0 aromatic heterocycles. The number of hydrogen-bond donors (Lipinski definition) is 1. The largest absolute Gasteiger partial charge is 0.478 e. The van der Waals surface area contributed by atoms with E-state index in [0.29, 0.717) is 5.56 Å². The highest BCUT2D eigenvalue weighted by Gasteiger charge is 2.09. The van der Waals surface area contributed by atoms with Gasteiger partial charge in [0, 0.05) is 5.56 Å². The number of carboxylic acid groups (broad SMARTS) is 1. The van der Waals surface area contributed by atoms with Crippen LogP contribution in [0.5, 0.6) is 0 Å². The number of carbonyl (C=O) groups excluding carboxylic acids is 1. The molecule has 96 valence electrons. The summed E-state index contributed by atoms with van der Waals surface area (Å²) >= 11 is 0. The lowest BCUT2D eigenvalue weighted by Gasteiger charge is -2.07. The monoisotopic (exact) mass is 254 g/mol. The highest BCUT2D eigenvalue weighted by molar-refractivity contribution is 5.96. The van der Waals surface area contributed by atoms with E-state index in [9.17, 15) is 9.59 Å². The molecule has 0 unspecified atom stereocenters. The average Bonchev–Trinajstić information content (AvgIpc) is 2.39. The summed E-state index contributed by atoms with van der Waals surface area (Å²) in [5.74, 6) is -0.950. The fourth-order valence-electron chi connectivity index (χ4n) is 1.95. The van der Waals surface area contributed by atoms with Crippen LogP contribution in [-0.2, 0) is 0 Å². The highest BCUT2D eigenvalue weighted by atomic mass is 16.4. The lowest BCUT2D eigenvalue weighted by Crippen LogP contribution is -2.00. The van der Waals surface area contributed by atoms with E-state index in [4.69, 9.17) is 5.11 Å². The van der Waals surface area contributed by atoms with E-state index in [1.54, 1.807) is 37.3 Å². The molecule has 0 spiro atoms. The third-order valence-electron chi connectivity index (χ3n) is 3.07. The zero-order valence-electron chi connectivity index (χ0n) is 10.8. The Kier molecular flexibility index (Phi) is 3.47. The number of aryl methyl sites for hydroxylation is 1. The molecule has 0 heterocycles. The summed E-state index contributed by atoms with van der Waals surface area (Å²) in [6.45, 7) is 3.27. The topological polar surface area (TPSA) is 54.4 Å². The van der Waals surface area contributed by atoms with Gasteiger partial charge < -0.3 is 5.11 Å². The lowest BCUT2D eigenvalue weighted by molar-refractivity contribution is 0.0696. The van der Waals surface area contributed by atoms with Gasteiger partial charge in [-0.3, -0.25) is 4.79 Å². The van der Waals surface area contributed by atoms with Gasteiger partial charge in [-0.15, -0.1) is 0 Å². The molecule has 0 fully saturated rings. The van der Waals surface area contributed by atoms with Gasteiger partial charge in [-0.05, 0) is 42.7 Å². The van der Waals surface area contributed by atoms with Gasteiger partial charge in [-0.25, -0.2) is 4.79 Å². The summed E-state index contributed by atoms with van der Waals surface area (Å²) in [6, 6.07) is 12.5. The van der Waals surface area contributed by atoms with Crippen molar-refractivity contribution in [3.8, 4) is 11.1 Å². The number of aromatic carboxylic acids is 1. The van der Waals surface area contributed by atoms with Gasteiger partial charge in [0.2, 0.25) is 0 Å². The molecular formula is C16H14O3. The summed E-state index contributed by atoms with van der Waals surface area (Å²) in [6.07, 6.45) is 0. The lowest BCUT2D eigenvalue weighted by atomic mass is 9.98. The second-order valence-electron chi connectivity index (χ2n) is 4.47. The molecule has 2 aromatic carbocycles. The van der Waals surface area contributed by atoms with Gasteiger partial charge in [0.25, 0.3) is 0 Å². The Morgan fingerprint density at radius 2 is 1.68 bits per heavy atom. The first-order chi connectivity index (χ1) is 8.99. The van der Waals surface area contributed by atoms with Gasteiger partial charge in [-0.2, -0.15) is 0 Å². The van der Waals surface area contributed by atoms with Crippen molar-refractivity contribution in [2.24, 2.45) is 0 Å². The van der Waals surface area contributed by atoms with Crippen LogP contribution >= 0.6 is 0 Å². The predicted molar refractivity (Wildman–Crippen MR) is 73.6 cm³/mol. The maximum atomic E-state index is 11.4. The van der Waals surface area contributed by atoms with Crippen LogP contribution in [0.4, 0.5) is 0 Å². The molecule has 0 amide bonds. The SMILES string of the molecule is CC(=O)c1cccc(-c2ccc(C)c(C(=O)O)c2)c1. The number of carbonyl (C=O) groups is 2. The van der Waals surface area contributed by atoms with E-state index in [-0.39, 0.29) is 11.3 Å². The molecule has 3 nitrogen and oxygen atoms in total. The number of ketones is 1. The second-order valence-corrected chi connectivity index (χ2v) is 4.47. The zero-order chi connectivity index (χ0) is 14.0. The van der Waals surface area contributed by atoms with Crippen molar-refractivity contribution >= 4 is 11.8 Å². The van der Waals surface area contributed by atoms with Crippen molar-refractivity contribution in [3.05, 3.63) is 59.2 Å². The summed E-state index contributed by atoms with van der Waals surface area (Å²) in [5, 5.41) is 9.13. The van der Waals surface area contributed by atoms with E-state index in [0.717, 1.165) is 16.7 Å². The highest BCUT2D eigenvalue weighted by Crippen LogP contribution is 2.23. The van der Waals surface area contributed by atoms with Crippen LogP contribution in [0.3, 0.4) is 0 Å². The van der Waals surface area contributed by atoms with Crippen molar-refractivity contribution in [2.75, 3.05) is 0 Å². The number of hydrogen-bond acceptors (Lipinski definition) is 2. The molecule has 3 heteroatoms. The third-order valence-corrected chi connectivity index (χ3v) is 3.07.